The minimum atomic E-state index is 0.554. The summed E-state index contributed by atoms with van der Waals surface area (Å²) in [5.41, 5.74) is 1.26. The van der Waals surface area contributed by atoms with Gasteiger partial charge in [0.1, 0.15) is 5.82 Å². The highest BCUT2D eigenvalue weighted by atomic mass is 14.9. The van der Waals surface area contributed by atoms with Gasteiger partial charge in [-0.2, -0.15) is 0 Å². The lowest BCUT2D eigenvalue weighted by Crippen LogP contribution is -2.27. The fraction of sp³-hybridized carbons (Fsp3) is 0.727. The highest BCUT2D eigenvalue weighted by Crippen LogP contribution is 2.23. The van der Waals surface area contributed by atoms with Crippen molar-refractivity contribution in [3.8, 4) is 0 Å². The number of nitrogens with one attached hydrogen (secondary N) is 2. The summed E-state index contributed by atoms with van der Waals surface area (Å²) in [7, 11) is 0. The molecule has 0 bridgehead atoms. The van der Waals surface area contributed by atoms with Crippen molar-refractivity contribution in [1.29, 1.82) is 0 Å². The first-order valence-corrected chi connectivity index (χ1v) is 5.53. The molecule has 78 valence electrons. The van der Waals surface area contributed by atoms with Gasteiger partial charge in [0, 0.05) is 17.8 Å². The molecule has 0 saturated carbocycles. The summed E-state index contributed by atoms with van der Waals surface area (Å²) >= 11 is 0. The molecule has 2 N–H and O–H groups in total. The van der Waals surface area contributed by atoms with Crippen LogP contribution in [0.25, 0.3) is 0 Å². The van der Waals surface area contributed by atoms with Crippen molar-refractivity contribution in [3.05, 3.63) is 17.7 Å². The summed E-state index contributed by atoms with van der Waals surface area (Å²) in [6, 6.07) is 0. The van der Waals surface area contributed by atoms with Gasteiger partial charge in [-0.25, -0.2) is 4.98 Å². The van der Waals surface area contributed by atoms with Crippen molar-refractivity contribution in [2.75, 3.05) is 13.1 Å². The molecule has 2 heterocycles. The fourth-order valence-electron chi connectivity index (χ4n) is 1.95. The van der Waals surface area contributed by atoms with E-state index in [4.69, 9.17) is 0 Å². The van der Waals surface area contributed by atoms with Gasteiger partial charge in [-0.15, -0.1) is 0 Å². The van der Waals surface area contributed by atoms with Crippen LogP contribution in [0.5, 0.6) is 0 Å². The second kappa shape index (κ2) is 4.13. The minimum Gasteiger partial charge on any atom is -0.345 e. The van der Waals surface area contributed by atoms with Crippen LogP contribution >= 0.6 is 0 Å². The molecular weight excluding hydrogens is 174 g/mol. The summed E-state index contributed by atoms with van der Waals surface area (Å²) in [6.45, 7) is 6.64. The van der Waals surface area contributed by atoms with E-state index in [0.717, 1.165) is 13.1 Å². The molecule has 3 heteroatoms. The SMILES string of the molecule is CC(C)c1cnc(C2CCNCC2)[nH]1. The van der Waals surface area contributed by atoms with E-state index in [2.05, 4.69) is 29.1 Å². The van der Waals surface area contributed by atoms with Gasteiger partial charge in [0.25, 0.3) is 0 Å². The van der Waals surface area contributed by atoms with Crippen LogP contribution in [0.3, 0.4) is 0 Å². The molecule has 0 atom stereocenters. The Morgan fingerprint density at radius 3 is 2.64 bits per heavy atom. The van der Waals surface area contributed by atoms with Crippen LogP contribution in [0, 0.1) is 0 Å². The first-order chi connectivity index (χ1) is 6.77. The van der Waals surface area contributed by atoms with E-state index in [9.17, 15) is 0 Å². The van der Waals surface area contributed by atoms with Gasteiger partial charge in [-0.05, 0) is 31.8 Å². The van der Waals surface area contributed by atoms with E-state index in [1.807, 2.05) is 6.20 Å². The molecule has 2 rings (SSSR count). The third-order valence-electron chi connectivity index (χ3n) is 2.96. The van der Waals surface area contributed by atoms with Gasteiger partial charge in [-0.1, -0.05) is 13.8 Å². The van der Waals surface area contributed by atoms with Gasteiger partial charge in [-0.3, -0.25) is 0 Å². The summed E-state index contributed by atoms with van der Waals surface area (Å²) in [4.78, 5) is 7.92. The van der Waals surface area contributed by atoms with Crippen molar-refractivity contribution in [1.82, 2.24) is 15.3 Å². The van der Waals surface area contributed by atoms with E-state index in [0.29, 0.717) is 11.8 Å². The van der Waals surface area contributed by atoms with Crippen LogP contribution in [0.2, 0.25) is 0 Å². The Hall–Kier alpha value is -0.830. The Balaban J connectivity index is 2.07. The number of piperidine rings is 1. The van der Waals surface area contributed by atoms with Gasteiger partial charge < -0.3 is 10.3 Å². The number of hydrogen-bond acceptors (Lipinski definition) is 2. The zero-order chi connectivity index (χ0) is 9.97. The minimum absolute atomic E-state index is 0.554. The summed E-state index contributed by atoms with van der Waals surface area (Å²) in [5.74, 6) is 2.39. The van der Waals surface area contributed by atoms with Gasteiger partial charge in [0.15, 0.2) is 0 Å². The number of nitrogens with zero attached hydrogens (tertiary/aromatic N) is 1. The predicted octanol–water partition coefficient (Wildman–Crippen LogP) is 2.00. The van der Waals surface area contributed by atoms with Crippen molar-refractivity contribution < 1.29 is 0 Å². The lowest BCUT2D eigenvalue weighted by atomic mass is 9.98. The van der Waals surface area contributed by atoms with Crippen molar-refractivity contribution in [2.45, 2.75) is 38.5 Å². The smallest absolute Gasteiger partial charge is 0.109 e. The lowest BCUT2D eigenvalue weighted by Gasteiger charge is -2.20. The molecule has 1 aliphatic rings. The zero-order valence-electron chi connectivity index (χ0n) is 9.01. The molecule has 1 aliphatic heterocycles. The van der Waals surface area contributed by atoms with Crippen LogP contribution in [0.4, 0.5) is 0 Å². The standard InChI is InChI=1S/C11H19N3/c1-8(2)10-7-13-11(14-10)9-3-5-12-6-4-9/h7-9,12H,3-6H2,1-2H3,(H,13,14). The average Bonchev–Trinajstić information content (AvgIpc) is 2.68. The molecule has 1 fully saturated rings. The summed E-state index contributed by atoms with van der Waals surface area (Å²) in [5, 5.41) is 3.37. The molecule has 0 unspecified atom stereocenters. The quantitative estimate of drug-likeness (QED) is 0.754. The average molecular weight is 193 g/mol. The van der Waals surface area contributed by atoms with Gasteiger partial charge >= 0.3 is 0 Å². The van der Waals surface area contributed by atoms with E-state index < -0.39 is 0 Å². The highest BCUT2D eigenvalue weighted by molar-refractivity contribution is 5.09. The normalized spacial score (nSPS) is 19.1. The van der Waals surface area contributed by atoms with Crippen molar-refractivity contribution in [2.24, 2.45) is 0 Å². The number of hydrogen-bond donors (Lipinski definition) is 2. The first kappa shape index (κ1) is 9.71. The third-order valence-corrected chi connectivity index (χ3v) is 2.96. The maximum atomic E-state index is 4.48. The monoisotopic (exact) mass is 193 g/mol. The van der Waals surface area contributed by atoms with Crippen LogP contribution in [0.1, 0.15) is 50.0 Å². The Bertz CT molecular complexity index is 284. The zero-order valence-corrected chi connectivity index (χ0v) is 9.01. The number of H-pyrrole nitrogens is 1. The van der Waals surface area contributed by atoms with Crippen molar-refractivity contribution in [3.63, 3.8) is 0 Å². The second-order valence-corrected chi connectivity index (χ2v) is 4.40. The molecule has 3 nitrogen and oxygen atoms in total. The van der Waals surface area contributed by atoms with Gasteiger partial charge in [0.2, 0.25) is 0 Å². The number of rotatable bonds is 2. The first-order valence-electron chi connectivity index (χ1n) is 5.53. The Kier molecular flexibility index (Phi) is 2.87. The van der Waals surface area contributed by atoms with E-state index in [1.165, 1.54) is 24.4 Å². The van der Waals surface area contributed by atoms with Crippen LogP contribution < -0.4 is 5.32 Å². The third kappa shape index (κ3) is 1.98. The molecule has 1 saturated heterocycles. The molecule has 0 aliphatic carbocycles. The fourth-order valence-corrected chi connectivity index (χ4v) is 1.95. The molecule has 1 aromatic rings. The molecular formula is C11H19N3. The molecule has 0 aromatic carbocycles. The Morgan fingerprint density at radius 2 is 2.07 bits per heavy atom. The molecule has 0 spiro atoms. The Morgan fingerprint density at radius 1 is 1.36 bits per heavy atom. The van der Waals surface area contributed by atoms with Gasteiger partial charge in [0.05, 0.1) is 0 Å². The van der Waals surface area contributed by atoms with E-state index in [-0.39, 0.29) is 0 Å². The van der Waals surface area contributed by atoms with Crippen molar-refractivity contribution >= 4 is 0 Å². The van der Waals surface area contributed by atoms with Crippen LogP contribution in [-0.2, 0) is 0 Å². The summed E-state index contributed by atoms with van der Waals surface area (Å²) in [6.07, 6.45) is 4.41. The predicted molar refractivity (Wildman–Crippen MR) is 57.5 cm³/mol. The molecule has 0 radical (unpaired) electrons. The lowest BCUT2D eigenvalue weighted by molar-refractivity contribution is 0.446. The maximum absolute atomic E-state index is 4.48. The largest absolute Gasteiger partial charge is 0.345 e. The van der Waals surface area contributed by atoms with Crippen LogP contribution in [0.15, 0.2) is 6.20 Å². The topological polar surface area (TPSA) is 40.7 Å². The Labute approximate surface area is 85.3 Å². The van der Waals surface area contributed by atoms with E-state index >= 15 is 0 Å². The molecule has 0 amide bonds. The molecule has 1 aromatic heterocycles. The highest BCUT2D eigenvalue weighted by Gasteiger charge is 2.18. The number of imidazole rings is 1. The second-order valence-electron chi connectivity index (χ2n) is 4.40. The number of aromatic amines is 1. The van der Waals surface area contributed by atoms with E-state index in [1.54, 1.807) is 0 Å². The van der Waals surface area contributed by atoms with Crippen LogP contribution in [-0.4, -0.2) is 23.1 Å². The number of aromatic nitrogens is 2. The molecule has 14 heavy (non-hydrogen) atoms. The maximum Gasteiger partial charge on any atom is 0.109 e. The summed E-state index contributed by atoms with van der Waals surface area (Å²) < 4.78 is 0.